The Balaban J connectivity index is 0.000000151. The molecule has 8 heterocycles. The van der Waals surface area contributed by atoms with Gasteiger partial charge in [0.2, 0.25) is 0 Å². The van der Waals surface area contributed by atoms with Gasteiger partial charge < -0.3 is 47.3 Å². The summed E-state index contributed by atoms with van der Waals surface area (Å²) in [6.45, 7) is 0. The molecule has 0 unspecified atom stereocenters. The Morgan fingerprint density at radius 1 is 0.540 bits per heavy atom. The Morgan fingerprint density at radius 2 is 0.980 bits per heavy atom. The molecule has 0 fully saturated rings. The van der Waals surface area contributed by atoms with Gasteiger partial charge in [-0.3, -0.25) is 0 Å². The largest absolute Gasteiger partial charge is 2.00 e. The summed E-state index contributed by atoms with van der Waals surface area (Å²) in [4.78, 5) is 27.3. The van der Waals surface area contributed by atoms with Gasteiger partial charge in [-0.2, -0.15) is 0 Å². The summed E-state index contributed by atoms with van der Waals surface area (Å²) in [5.74, 6) is 1.73. The second-order valence-corrected chi connectivity index (χ2v) is 11.9. The molecule has 0 aliphatic rings. The first-order chi connectivity index (χ1) is 23.4. The molecular weight excluding hydrogens is 991 g/mol. The van der Waals surface area contributed by atoms with E-state index in [0.717, 1.165) is 78.0 Å². The van der Waals surface area contributed by atoms with E-state index in [1.807, 2.05) is 105 Å². The molecule has 252 valence electrons. The van der Waals surface area contributed by atoms with Crippen molar-refractivity contribution in [3.05, 3.63) is 111 Å². The summed E-state index contributed by atoms with van der Waals surface area (Å²) >= 11 is 0. The van der Waals surface area contributed by atoms with Gasteiger partial charge in [0, 0.05) is 39.1 Å². The molecule has 10 aromatic rings. The SMILES string of the molecule is Cn1[c-]nc(-c2cccc3c2[n-]c2c3ccn2-c2cn(C)cn2)c1.Cn1[c-]nc(-c2cccc3c2[n-]c2c3ccn2-c2cn(C)cn2)c1.[Pt+2].[Pt+2]. The molecular formula is C36H28N12Pt2. The van der Waals surface area contributed by atoms with Crippen LogP contribution in [0.1, 0.15) is 0 Å². The molecule has 0 radical (unpaired) electrons. The van der Waals surface area contributed by atoms with Crippen molar-refractivity contribution in [1.82, 2.24) is 57.3 Å². The zero-order valence-corrected chi connectivity index (χ0v) is 31.8. The zero-order chi connectivity index (χ0) is 32.5. The number of rotatable bonds is 4. The van der Waals surface area contributed by atoms with E-state index in [4.69, 9.17) is 9.97 Å². The van der Waals surface area contributed by atoms with E-state index in [9.17, 15) is 0 Å². The fraction of sp³-hybridized carbons (Fsp3) is 0.111. The summed E-state index contributed by atoms with van der Waals surface area (Å²) in [5.41, 5.74) is 7.55. The van der Waals surface area contributed by atoms with Gasteiger partial charge in [-0.25, -0.2) is 9.97 Å². The first kappa shape index (κ1) is 33.3. The number of aryl methyl sites for hydroxylation is 4. The van der Waals surface area contributed by atoms with E-state index in [-0.39, 0.29) is 42.1 Å². The zero-order valence-electron chi connectivity index (χ0n) is 27.2. The van der Waals surface area contributed by atoms with Crippen molar-refractivity contribution < 1.29 is 42.1 Å². The average molecular weight is 1020 g/mol. The van der Waals surface area contributed by atoms with Gasteiger partial charge >= 0.3 is 42.1 Å². The van der Waals surface area contributed by atoms with Crippen molar-refractivity contribution in [2.75, 3.05) is 0 Å². The van der Waals surface area contributed by atoms with Crippen molar-refractivity contribution in [2.24, 2.45) is 28.2 Å². The summed E-state index contributed by atoms with van der Waals surface area (Å²) in [5, 5.41) is 4.50. The van der Waals surface area contributed by atoms with Crippen LogP contribution in [0.3, 0.4) is 0 Å². The average Bonchev–Trinajstić information content (AvgIpc) is 3.91. The Bertz CT molecular complexity index is 2570. The number of hydrogen-bond donors (Lipinski definition) is 0. The standard InChI is InChI=1S/2C18H14N6.2Pt/c2*1-22-8-15(19-10-22)14-5-3-4-12-13-6-7-24(18(13)21-17(12)14)16-9-23(2)11-20-16;;/h2*3-9,11H,1-2H3;;/q2*-2;2*+2. The third-order valence-electron chi connectivity index (χ3n) is 8.52. The Morgan fingerprint density at radius 3 is 1.34 bits per heavy atom. The van der Waals surface area contributed by atoms with Crippen LogP contribution >= 0.6 is 0 Å². The molecule has 0 aliphatic heterocycles. The Hall–Kier alpha value is -5.18. The molecule has 10 rings (SSSR count). The number of benzene rings is 2. The third-order valence-corrected chi connectivity index (χ3v) is 8.52. The van der Waals surface area contributed by atoms with E-state index in [1.54, 1.807) is 12.7 Å². The van der Waals surface area contributed by atoms with Crippen LogP contribution in [0.15, 0.2) is 98.4 Å². The minimum Gasteiger partial charge on any atom is -0.456 e. The molecule has 0 saturated carbocycles. The van der Waals surface area contributed by atoms with Gasteiger partial charge in [-0.05, 0) is 58.0 Å². The molecule has 14 heteroatoms. The van der Waals surface area contributed by atoms with Crippen LogP contribution in [0, 0.1) is 12.7 Å². The van der Waals surface area contributed by atoms with Gasteiger partial charge in [-0.1, -0.05) is 83.4 Å². The summed E-state index contributed by atoms with van der Waals surface area (Å²) in [7, 11) is 7.75. The molecule has 0 spiro atoms. The van der Waals surface area contributed by atoms with E-state index in [2.05, 4.69) is 69.0 Å². The van der Waals surface area contributed by atoms with E-state index in [1.165, 1.54) is 0 Å². The second-order valence-electron chi connectivity index (χ2n) is 11.9. The fourth-order valence-electron chi connectivity index (χ4n) is 6.31. The van der Waals surface area contributed by atoms with Crippen molar-refractivity contribution in [3.63, 3.8) is 0 Å². The van der Waals surface area contributed by atoms with Gasteiger partial charge in [0.1, 0.15) is 0 Å². The van der Waals surface area contributed by atoms with Gasteiger partial charge in [0.25, 0.3) is 0 Å². The van der Waals surface area contributed by atoms with Crippen LogP contribution in [0.5, 0.6) is 0 Å². The number of hydrogen-bond acceptors (Lipinski definition) is 4. The minimum atomic E-state index is 0. The van der Waals surface area contributed by atoms with Crippen LogP contribution in [-0.2, 0) is 70.3 Å². The molecule has 0 N–H and O–H groups in total. The Kier molecular flexibility index (Phi) is 8.62. The van der Waals surface area contributed by atoms with E-state index < -0.39 is 0 Å². The summed E-state index contributed by atoms with van der Waals surface area (Å²) in [6.07, 6.45) is 21.3. The summed E-state index contributed by atoms with van der Waals surface area (Å²) < 4.78 is 11.5. The van der Waals surface area contributed by atoms with Crippen LogP contribution in [0.25, 0.3) is 78.0 Å². The molecule has 8 aromatic heterocycles. The van der Waals surface area contributed by atoms with E-state index in [0.29, 0.717) is 0 Å². The first-order valence-corrected chi connectivity index (χ1v) is 15.3. The molecule has 12 nitrogen and oxygen atoms in total. The predicted molar refractivity (Wildman–Crippen MR) is 184 cm³/mol. The Labute approximate surface area is 314 Å². The maximum atomic E-state index is 4.90. The number of imidazole rings is 4. The van der Waals surface area contributed by atoms with Crippen LogP contribution < -0.4 is 9.97 Å². The second kappa shape index (κ2) is 12.9. The maximum absolute atomic E-state index is 4.90. The molecule has 0 aliphatic carbocycles. The van der Waals surface area contributed by atoms with Gasteiger partial charge in [0.05, 0.1) is 24.3 Å². The first-order valence-electron chi connectivity index (χ1n) is 15.3. The molecule has 0 saturated heterocycles. The van der Waals surface area contributed by atoms with Crippen molar-refractivity contribution in [2.45, 2.75) is 0 Å². The van der Waals surface area contributed by atoms with E-state index >= 15 is 0 Å². The third kappa shape index (κ3) is 5.49. The van der Waals surface area contributed by atoms with Crippen molar-refractivity contribution in [3.8, 4) is 34.2 Å². The van der Waals surface area contributed by atoms with Crippen LogP contribution in [-0.4, -0.2) is 47.3 Å². The monoisotopic (exact) mass is 1020 g/mol. The van der Waals surface area contributed by atoms with Gasteiger partial charge in [-0.15, -0.1) is 12.4 Å². The molecule has 50 heavy (non-hydrogen) atoms. The van der Waals surface area contributed by atoms with Crippen LogP contribution in [0.2, 0.25) is 0 Å². The number of nitrogens with zero attached hydrogens (tertiary/aromatic N) is 12. The summed E-state index contributed by atoms with van der Waals surface area (Å²) in [6, 6.07) is 16.6. The van der Waals surface area contributed by atoms with Crippen molar-refractivity contribution in [1.29, 1.82) is 0 Å². The number of para-hydroxylation sites is 2. The predicted octanol–water partition coefficient (Wildman–Crippen LogP) is 5.35. The number of fused-ring (bicyclic) bond motifs is 6. The molecule has 0 atom stereocenters. The minimum absolute atomic E-state index is 0. The fourth-order valence-corrected chi connectivity index (χ4v) is 6.31. The van der Waals surface area contributed by atoms with Crippen LogP contribution in [0.4, 0.5) is 0 Å². The number of aromatic nitrogens is 12. The molecule has 2 aromatic carbocycles. The molecule has 0 amide bonds. The quantitative estimate of drug-likeness (QED) is 0.221. The van der Waals surface area contributed by atoms with Crippen molar-refractivity contribution >= 4 is 43.9 Å². The normalized spacial score (nSPS) is 11.3. The van der Waals surface area contributed by atoms with Gasteiger partial charge in [0.15, 0.2) is 0 Å². The maximum Gasteiger partial charge on any atom is 2.00 e. The smallest absolute Gasteiger partial charge is 0.456 e. The topological polar surface area (TPSA) is 109 Å². The molecule has 0 bridgehead atoms.